The number of hydrogen-bond donors (Lipinski definition) is 2. The van der Waals surface area contributed by atoms with Gasteiger partial charge in [-0.15, -0.1) is 11.3 Å². The van der Waals surface area contributed by atoms with E-state index in [2.05, 4.69) is 22.5 Å². The summed E-state index contributed by atoms with van der Waals surface area (Å²) in [6, 6.07) is 5.66. The Balaban J connectivity index is 1.50. The van der Waals surface area contributed by atoms with Gasteiger partial charge in [0, 0.05) is 17.1 Å². The highest BCUT2D eigenvalue weighted by molar-refractivity contribution is 7.16. The van der Waals surface area contributed by atoms with Crippen molar-refractivity contribution in [1.29, 1.82) is 0 Å². The van der Waals surface area contributed by atoms with Crippen LogP contribution in [0, 0.1) is 12.8 Å². The molecule has 8 heteroatoms. The zero-order chi connectivity index (χ0) is 23.4. The second-order valence-electron chi connectivity index (χ2n) is 9.38. The minimum absolute atomic E-state index is 0.00769. The minimum Gasteiger partial charge on any atom is -0.376 e. The van der Waals surface area contributed by atoms with Gasteiger partial charge in [-0.1, -0.05) is 37.3 Å². The number of hydrogen-bond acceptors (Lipinski definition) is 5. The lowest BCUT2D eigenvalue weighted by Gasteiger charge is -2.33. The minimum atomic E-state index is -0.458. The third-order valence-electron chi connectivity index (χ3n) is 6.95. The summed E-state index contributed by atoms with van der Waals surface area (Å²) in [4.78, 5) is 32.5. The summed E-state index contributed by atoms with van der Waals surface area (Å²) in [6.45, 7) is 4.01. The van der Waals surface area contributed by atoms with E-state index in [1.165, 1.54) is 12.8 Å². The summed E-state index contributed by atoms with van der Waals surface area (Å²) < 4.78 is 0. The summed E-state index contributed by atoms with van der Waals surface area (Å²) in [5.74, 6) is 0.489. The molecule has 0 saturated heterocycles. The van der Waals surface area contributed by atoms with Crippen molar-refractivity contribution in [2.45, 2.75) is 83.3 Å². The van der Waals surface area contributed by atoms with Crippen LogP contribution in [0.4, 0.5) is 10.7 Å². The fourth-order valence-corrected chi connectivity index (χ4v) is 5.89. The quantitative estimate of drug-likeness (QED) is 0.411. The maximum atomic E-state index is 13.2. The average molecular weight is 489 g/mol. The van der Waals surface area contributed by atoms with E-state index in [0.29, 0.717) is 10.9 Å². The lowest BCUT2D eigenvalue weighted by atomic mass is 9.91. The summed E-state index contributed by atoms with van der Waals surface area (Å²) >= 11 is 7.66. The molecular weight excluding hydrogens is 456 g/mol. The second kappa shape index (κ2) is 10.9. The van der Waals surface area contributed by atoms with Gasteiger partial charge in [0.2, 0.25) is 12.3 Å². The van der Waals surface area contributed by atoms with Crippen molar-refractivity contribution in [3.8, 4) is 0 Å². The third kappa shape index (κ3) is 5.87. The zero-order valence-corrected chi connectivity index (χ0v) is 20.9. The van der Waals surface area contributed by atoms with Gasteiger partial charge < -0.3 is 10.6 Å². The molecule has 2 aliphatic rings. The highest BCUT2D eigenvalue weighted by Gasteiger charge is 2.33. The van der Waals surface area contributed by atoms with Crippen LogP contribution in [0.3, 0.4) is 0 Å². The van der Waals surface area contributed by atoms with Gasteiger partial charge in [-0.25, -0.2) is 0 Å². The number of nitrogens with zero attached hydrogens (tertiary/aromatic N) is 2. The Kier molecular flexibility index (Phi) is 7.91. The molecular formula is C25H33ClN4O2S. The molecule has 33 heavy (non-hydrogen) atoms. The SMILES string of the molecule is Cc1ncc(Cl)cc1N[C@@H](C)c1ccc(N(C=O)[C@@H](CC2CCCC2)C(=O)NC2CCC2)s1. The van der Waals surface area contributed by atoms with Crippen molar-refractivity contribution in [1.82, 2.24) is 10.3 Å². The van der Waals surface area contributed by atoms with Gasteiger partial charge in [0.15, 0.2) is 0 Å². The Bertz CT molecular complexity index is 971. The summed E-state index contributed by atoms with van der Waals surface area (Å²) in [5.41, 5.74) is 1.76. The van der Waals surface area contributed by atoms with Crippen LogP contribution in [0.15, 0.2) is 24.4 Å². The highest BCUT2D eigenvalue weighted by atomic mass is 35.5. The van der Waals surface area contributed by atoms with Crippen molar-refractivity contribution in [3.63, 3.8) is 0 Å². The number of carbonyl (C=O) groups is 2. The van der Waals surface area contributed by atoms with Gasteiger partial charge in [-0.2, -0.15) is 0 Å². The molecule has 2 saturated carbocycles. The van der Waals surface area contributed by atoms with Crippen molar-refractivity contribution in [2.24, 2.45) is 5.92 Å². The Morgan fingerprint density at radius 1 is 1.27 bits per heavy atom. The normalized spacial score (nSPS) is 18.4. The molecule has 4 rings (SSSR count). The zero-order valence-electron chi connectivity index (χ0n) is 19.4. The van der Waals surface area contributed by atoms with Gasteiger partial charge in [-0.05, 0) is 63.6 Å². The Morgan fingerprint density at radius 2 is 2.03 bits per heavy atom. The standard InChI is InChI=1S/C25H33ClN4O2S/c1-16-21(13-19(26)14-27-16)28-17(2)23-10-11-24(33-23)30(15-31)22(12-18-6-3-4-7-18)25(32)29-20-8-5-9-20/h10-11,13-15,17-18,20,22,28H,3-9,12H2,1-2H3,(H,29,32)/t17-,22-/m0/s1. The molecule has 0 aromatic carbocycles. The summed E-state index contributed by atoms with van der Waals surface area (Å²) in [7, 11) is 0. The number of amides is 2. The van der Waals surface area contributed by atoms with Crippen LogP contribution in [-0.2, 0) is 9.59 Å². The van der Waals surface area contributed by atoms with E-state index < -0.39 is 6.04 Å². The molecule has 2 aromatic heterocycles. The molecule has 2 amide bonds. The molecule has 178 valence electrons. The van der Waals surface area contributed by atoms with Gasteiger partial charge >= 0.3 is 0 Å². The molecule has 2 N–H and O–H groups in total. The molecule has 0 spiro atoms. The van der Waals surface area contributed by atoms with Crippen LogP contribution in [0.5, 0.6) is 0 Å². The molecule has 0 bridgehead atoms. The Labute approximate surface area is 205 Å². The smallest absolute Gasteiger partial charge is 0.243 e. The lowest BCUT2D eigenvalue weighted by molar-refractivity contribution is -0.125. The predicted octanol–water partition coefficient (Wildman–Crippen LogP) is 5.86. The number of aromatic nitrogens is 1. The average Bonchev–Trinajstić information content (AvgIpc) is 3.45. The number of thiophene rings is 1. The monoisotopic (exact) mass is 488 g/mol. The van der Waals surface area contributed by atoms with Gasteiger partial charge in [-0.3, -0.25) is 19.5 Å². The molecule has 2 fully saturated rings. The van der Waals surface area contributed by atoms with Gasteiger partial charge in [0.05, 0.1) is 27.4 Å². The van der Waals surface area contributed by atoms with Gasteiger partial charge in [0.1, 0.15) is 6.04 Å². The molecule has 0 radical (unpaired) electrons. The molecule has 6 nitrogen and oxygen atoms in total. The molecule has 2 atom stereocenters. The van der Waals surface area contributed by atoms with E-state index in [1.807, 2.05) is 25.1 Å². The molecule has 2 aliphatic carbocycles. The number of anilines is 2. The van der Waals surface area contributed by atoms with E-state index in [-0.39, 0.29) is 18.0 Å². The van der Waals surface area contributed by atoms with Crippen molar-refractivity contribution in [3.05, 3.63) is 40.0 Å². The maximum absolute atomic E-state index is 13.2. The van der Waals surface area contributed by atoms with Gasteiger partial charge in [0.25, 0.3) is 0 Å². The molecule has 0 unspecified atom stereocenters. The first-order valence-corrected chi connectivity index (χ1v) is 13.2. The number of pyridine rings is 1. The van der Waals surface area contributed by atoms with Crippen molar-refractivity contribution in [2.75, 3.05) is 10.2 Å². The molecule has 0 aliphatic heterocycles. The Morgan fingerprint density at radius 3 is 2.70 bits per heavy atom. The highest BCUT2D eigenvalue weighted by Crippen LogP contribution is 2.36. The number of rotatable bonds is 10. The van der Waals surface area contributed by atoms with Crippen LogP contribution in [0.25, 0.3) is 0 Å². The maximum Gasteiger partial charge on any atom is 0.243 e. The third-order valence-corrected chi connectivity index (χ3v) is 8.44. The first-order chi connectivity index (χ1) is 15.9. The summed E-state index contributed by atoms with van der Waals surface area (Å²) in [6.07, 6.45) is 11.1. The number of carbonyl (C=O) groups excluding carboxylic acids is 2. The van der Waals surface area contributed by atoms with E-state index in [0.717, 1.165) is 66.2 Å². The predicted molar refractivity (Wildman–Crippen MR) is 135 cm³/mol. The molecule has 2 heterocycles. The van der Waals surface area contributed by atoms with Crippen LogP contribution < -0.4 is 15.5 Å². The topological polar surface area (TPSA) is 74.3 Å². The number of aryl methyl sites for hydroxylation is 1. The first-order valence-electron chi connectivity index (χ1n) is 12.0. The summed E-state index contributed by atoms with van der Waals surface area (Å²) in [5, 5.41) is 8.04. The second-order valence-corrected chi connectivity index (χ2v) is 10.9. The van der Waals surface area contributed by atoms with Crippen LogP contribution in [0.1, 0.15) is 74.9 Å². The Hall–Kier alpha value is -2.12. The van der Waals surface area contributed by atoms with Crippen LogP contribution >= 0.6 is 22.9 Å². The van der Waals surface area contributed by atoms with Crippen molar-refractivity contribution < 1.29 is 9.59 Å². The van der Waals surface area contributed by atoms with E-state index in [1.54, 1.807) is 22.4 Å². The number of nitrogens with one attached hydrogen (secondary N) is 2. The first kappa shape index (κ1) is 24.0. The molecule has 2 aromatic rings. The van der Waals surface area contributed by atoms with Crippen molar-refractivity contribution >= 4 is 45.9 Å². The van der Waals surface area contributed by atoms with E-state index >= 15 is 0 Å². The van der Waals surface area contributed by atoms with Crippen LogP contribution in [-0.4, -0.2) is 29.4 Å². The van der Waals surface area contributed by atoms with E-state index in [9.17, 15) is 9.59 Å². The lowest BCUT2D eigenvalue weighted by Crippen LogP contribution is -2.51. The fraction of sp³-hybridized carbons (Fsp3) is 0.560. The largest absolute Gasteiger partial charge is 0.376 e. The number of halogens is 1. The van der Waals surface area contributed by atoms with E-state index in [4.69, 9.17) is 11.6 Å². The fourth-order valence-electron chi connectivity index (χ4n) is 4.71. The van der Waals surface area contributed by atoms with Crippen LogP contribution in [0.2, 0.25) is 5.02 Å².